The highest BCUT2D eigenvalue weighted by Crippen LogP contribution is 2.38. The second-order valence-corrected chi connectivity index (χ2v) is 27.5. The van der Waals surface area contributed by atoms with Gasteiger partial charge in [0.25, 0.3) is 7.82 Å². The number of phosphoric ester groups is 1. The summed E-state index contributed by atoms with van der Waals surface area (Å²) in [7, 11) is 1.17. The van der Waals surface area contributed by atoms with Gasteiger partial charge in [0.2, 0.25) is 5.91 Å². The number of phosphoric acid groups is 1. The molecule has 0 aromatic heterocycles. The van der Waals surface area contributed by atoms with Gasteiger partial charge in [-0.1, -0.05) is 310 Å². The van der Waals surface area contributed by atoms with Crippen LogP contribution in [0, 0.1) is 0 Å². The molecule has 89 heavy (non-hydrogen) atoms. The summed E-state index contributed by atoms with van der Waals surface area (Å²) in [5.74, 6) is -0.554. The fourth-order valence-electron chi connectivity index (χ4n) is 10.5. The van der Waals surface area contributed by atoms with E-state index in [-0.39, 0.29) is 24.9 Å². The summed E-state index contributed by atoms with van der Waals surface area (Å²) in [5.41, 5.74) is 0. The number of hydrogen-bond acceptors (Lipinski definition) is 7. The van der Waals surface area contributed by atoms with Crippen molar-refractivity contribution in [3.8, 4) is 0 Å². The van der Waals surface area contributed by atoms with Crippen LogP contribution in [0.2, 0.25) is 0 Å². The number of likely N-dealkylation sites (N-methyl/N-ethyl adjacent to an activating group) is 1. The fourth-order valence-corrected chi connectivity index (χ4v) is 11.2. The van der Waals surface area contributed by atoms with Crippen molar-refractivity contribution in [1.82, 2.24) is 5.32 Å². The van der Waals surface area contributed by atoms with Gasteiger partial charge >= 0.3 is 5.97 Å². The van der Waals surface area contributed by atoms with Crippen molar-refractivity contribution in [3.05, 3.63) is 109 Å². The molecule has 0 saturated carbocycles. The Morgan fingerprint density at radius 2 is 0.719 bits per heavy atom. The van der Waals surface area contributed by atoms with Crippen molar-refractivity contribution in [2.45, 2.75) is 341 Å². The maximum atomic E-state index is 13.6. The van der Waals surface area contributed by atoms with Crippen LogP contribution in [-0.4, -0.2) is 69.4 Å². The third kappa shape index (κ3) is 68.9. The largest absolute Gasteiger partial charge is 0.756 e. The molecule has 0 heterocycles. The highest BCUT2D eigenvalue weighted by Gasteiger charge is 2.27. The molecule has 0 bridgehead atoms. The predicted molar refractivity (Wildman–Crippen MR) is 385 cm³/mol. The number of esters is 1. The summed E-state index contributed by atoms with van der Waals surface area (Å²) < 4.78 is 30.5. The van der Waals surface area contributed by atoms with Gasteiger partial charge in [-0.25, -0.2) is 0 Å². The van der Waals surface area contributed by atoms with Crippen LogP contribution in [0.5, 0.6) is 0 Å². The molecule has 0 rings (SSSR count). The van der Waals surface area contributed by atoms with Gasteiger partial charge in [-0.15, -0.1) is 0 Å². The Labute approximate surface area is 551 Å². The number of hydrogen-bond donors (Lipinski definition) is 1. The lowest BCUT2D eigenvalue weighted by Crippen LogP contribution is -2.47. The average molecular weight is 1260 g/mol. The van der Waals surface area contributed by atoms with Crippen LogP contribution in [-0.2, 0) is 27.9 Å². The Kier molecular flexibility index (Phi) is 65.0. The maximum Gasteiger partial charge on any atom is 0.306 e. The topological polar surface area (TPSA) is 114 Å². The van der Waals surface area contributed by atoms with Gasteiger partial charge in [-0.05, 0) is 115 Å². The highest BCUT2D eigenvalue weighted by molar-refractivity contribution is 7.45. The first kappa shape index (κ1) is 85.7. The summed E-state index contributed by atoms with van der Waals surface area (Å²) in [4.78, 5) is 40.2. The van der Waals surface area contributed by atoms with Crippen LogP contribution in [0.1, 0.15) is 329 Å². The number of nitrogens with zero attached hydrogens (tertiary/aromatic N) is 1. The molecule has 1 amide bonds. The van der Waals surface area contributed by atoms with E-state index in [1.165, 1.54) is 167 Å². The van der Waals surface area contributed by atoms with Gasteiger partial charge in [0.05, 0.1) is 33.8 Å². The molecule has 0 aliphatic heterocycles. The third-order valence-electron chi connectivity index (χ3n) is 16.2. The highest BCUT2D eigenvalue weighted by atomic mass is 31.2. The first-order chi connectivity index (χ1) is 43.4. The Balaban J connectivity index is 4.99. The molecule has 0 radical (unpaired) electrons. The van der Waals surface area contributed by atoms with E-state index < -0.39 is 26.6 Å². The number of ether oxygens (including phenoxy) is 1. The molecule has 9 nitrogen and oxygen atoms in total. The summed E-state index contributed by atoms with van der Waals surface area (Å²) >= 11 is 0. The van der Waals surface area contributed by atoms with Gasteiger partial charge < -0.3 is 28.5 Å². The van der Waals surface area contributed by atoms with E-state index in [0.29, 0.717) is 23.9 Å². The van der Waals surface area contributed by atoms with Crippen LogP contribution in [0.15, 0.2) is 109 Å². The lowest BCUT2D eigenvalue weighted by Gasteiger charge is -2.30. The van der Waals surface area contributed by atoms with Gasteiger partial charge in [-0.2, -0.15) is 0 Å². The molecule has 0 aliphatic carbocycles. The van der Waals surface area contributed by atoms with Crippen LogP contribution < -0.4 is 10.2 Å². The minimum atomic E-state index is -4.71. The number of rotatable bonds is 67. The second-order valence-electron chi connectivity index (χ2n) is 26.1. The zero-order valence-electron chi connectivity index (χ0n) is 58.9. The number of carbonyl (C=O) groups is 2. The van der Waals surface area contributed by atoms with Gasteiger partial charge in [0, 0.05) is 12.8 Å². The minimum absolute atomic E-state index is 0.0286. The average Bonchev–Trinajstić information content (AvgIpc) is 3.64. The Bertz CT molecular complexity index is 1890. The minimum Gasteiger partial charge on any atom is -0.756 e. The van der Waals surface area contributed by atoms with E-state index in [9.17, 15) is 19.0 Å². The number of carbonyl (C=O) groups excluding carboxylic acids is 2. The first-order valence-corrected chi connectivity index (χ1v) is 38.7. The molecule has 0 aliphatic rings. The summed E-state index contributed by atoms with van der Waals surface area (Å²) in [6.45, 7) is 6.71. The van der Waals surface area contributed by atoms with E-state index in [1.807, 2.05) is 33.3 Å². The first-order valence-electron chi connectivity index (χ1n) is 37.2. The maximum absolute atomic E-state index is 13.6. The predicted octanol–water partition coefficient (Wildman–Crippen LogP) is 23.4. The quantitative estimate of drug-likeness (QED) is 0.0212. The Morgan fingerprint density at radius 3 is 1.10 bits per heavy atom. The zero-order valence-corrected chi connectivity index (χ0v) is 59.8. The molecule has 0 fully saturated rings. The number of nitrogens with one attached hydrogen (secondary N) is 1. The SMILES string of the molecule is CC/C=C\C/C=C\C/C=C\C/C=C\C/C=C\C/C=C\CCCCCCCCC(=O)OC(/C=C/CCCCCCCCCCC)C(COP(=O)([O-])OCC[N+](C)(C)C)NC(=O)CCCCCCCCCCCCCCCCCCC/C=C\C/C=C\CCCCC. The van der Waals surface area contributed by atoms with Gasteiger partial charge in [-0.3, -0.25) is 14.2 Å². The Morgan fingerprint density at radius 1 is 0.404 bits per heavy atom. The fraction of sp³-hybridized carbons (Fsp3) is 0.747. The number of amides is 1. The zero-order chi connectivity index (χ0) is 64.9. The van der Waals surface area contributed by atoms with Crippen molar-refractivity contribution in [2.75, 3.05) is 40.9 Å². The molecule has 0 spiro atoms. The summed E-state index contributed by atoms with van der Waals surface area (Å²) in [6, 6.07) is -0.901. The number of unbranched alkanes of at least 4 members (excludes halogenated alkanes) is 35. The van der Waals surface area contributed by atoms with E-state index in [1.54, 1.807) is 0 Å². The molecule has 3 atom stereocenters. The van der Waals surface area contributed by atoms with E-state index in [0.717, 1.165) is 122 Å². The van der Waals surface area contributed by atoms with Crippen molar-refractivity contribution in [2.24, 2.45) is 0 Å². The lowest BCUT2D eigenvalue weighted by molar-refractivity contribution is -0.870. The molecule has 0 saturated heterocycles. The van der Waals surface area contributed by atoms with E-state index >= 15 is 0 Å². The van der Waals surface area contributed by atoms with Gasteiger partial charge in [0.1, 0.15) is 19.3 Å². The lowest BCUT2D eigenvalue weighted by atomic mass is 10.0. The molecule has 3 unspecified atom stereocenters. The van der Waals surface area contributed by atoms with E-state index in [2.05, 4.69) is 123 Å². The van der Waals surface area contributed by atoms with Crippen LogP contribution in [0.3, 0.4) is 0 Å². The molecular formula is C79H141N2O7P. The second kappa shape index (κ2) is 67.6. The van der Waals surface area contributed by atoms with Crippen LogP contribution in [0.4, 0.5) is 0 Å². The molecule has 0 aromatic rings. The number of allylic oxidation sites excluding steroid dienone is 17. The van der Waals surface area contributed by atoms with Crippen molar-refractivity contribution < 1.29 is 37.3 Å². The van der Waals surface area contributed by atoms with Crippen molar-refractivity contribution >= 4 is 19.7 Å². The smallest absolute Gasteiger partial charge is 0.306 e. The molecule has 1 N–H and O–H groups in total. The Hall–Kier alpha value is -3.33. The third-order valence-corrected chi connectivity index (χ3v) is 17.2. The monoisotopic (exact) mass is 1260 g/mol. The van der Waals surface area contributed by atoms with E-state index in [4.69, 9.17) is 13.8 Å². The molecular weight excluding hydrogens is 1120 g/mol. The normalized spacial score (nSPS) is 14.1. The van der Waals surface area contributed by atoms with Crippen molar-refractivity contribution in [3.63, 3.8) is 0 Å². The summed E-state index contributed by atoms with van der Waals surface area (Å²) in [5, 5.41) is 3.04. The van der Waals surface area contributed by atoms with Crippen LogP contribution in [0.25, 0.3) is 0 Å². The van der Waals surface area contributed by atoms with Crippen molar-refractivity contribution in [1.29, 1.82) is 0 Å². The van der Waals surface area contributed by atoms with Gasteiger partial charge in [0.15, 0.2) is 0 Å². The molecule has 10 heteroatoms. The van der Waals surface area contributed by atoms with Crippen LogP contribution >= 0.6 is 7.82 Å². The summed E-state index contributed by atoms with van der Waals surface area (Å²) in [6.07, 6.45) is 93.7. The molecule has 0 aromatic carbocycles. The standard InChI is InChI=1S/C79H141N2O7P/c1-7-10-13-16-19-22-25-27-29-31-33-35-37-39-40-42-43-45-47-49-51-53-56-59-62-65-68-71-78(82)80-76(75-87-89(84,85)86-74-73-81(4,5)6)77(70-67-64-61-58-55-24-21-18-15-12-9-3)88-79(83)72-69-66-63-60-57-54-52-50-48-46-44-41-38-36-34-32-30-28-26-23-20-17-14-11-8-2/h11,14,19-20,22-23,27-30,34,36,41,44,48,50,67,70,76-77H,7-10,12-13,15-18,21,24-26,31-33,35,37-40,42-43,45-47,49,51-66,68-69,71-75H2,1-6H3,(H-,80,82,84,85)/b14-11-,22-19-,23-20-,29-27-,30-28-,36-34-,44-41-,50-48-,70-67+. The number of quaternary nitrogens is 1. The molecule has 514 valence electrons.